The highest BCUT2D eigenvalue weighted by molar-refractivity contribution is 6.08. The van der Waals surface area contributed by atoms with Crippen molar-refractivity contribution in [1.29, 1.82) is 0 Å². The second-order valence-corrected chi connectivity index (χ2v) is 8.52. The first-order valence-electron chi connectivity index (χ1n) is 10.4. The van der Waals surface area contributed by atoms with Crippen LogP contribution in [0.2, 0.25) is 0 Å². The number of rotatable bonds is 4. The van der Waals surface area contributed by atoms with Gasteiger partial charge >= 0.3 is 0 Å². The number of fused-ring (bicyclic) bond motifs is 1. The average molecular weight is 386 g/mol. The lowest BCUT2D eigenvalue weighted by Gasteiger charge is -2.37. The second kappa shape index (κ2) is 6.02. The van der Waals surface area contributed by atoms with Crippen LogP contribution < -0.4 is 4.74 Å². The van der Waals surface area contributed by atoms with E-state index in [1.807, 2.05) is 43.3 Å². The summed E-state index contributed by atoms with van der Waals surface area (Å²) in [5.41, 5.74) is 0.796. The van der Waals surface area contributed by atoms with Gasteiger partial charge in [0.15, 0.2) is 0 Å². The number of hydrogen-bond donors (Lipinski definition) is 0. The lowest BCUT2D eigenvalue weighted by molar-refractivity contribution is -0.140. The Kier molecular flexibility index (Phi) is 3.52. The van der Waals surface area contributed by atoms with E-state index in [1.54, 1.807) is 6.21 Å². The number of imide groups is 1. The number of carbonyl (C=O) groups excluding carboxylic acids is 2. The number of allylic oxidation sites excluding steroid dienone is 2. The van der Waals surface area contributed by atoms with Crippen LogP contribution in [0.4, 0.5) is 0 Å². The van der Waals surface area contributed by atoms with Crippen molar-refractivity contribution in [2.75, 3.05) is 6.61 Å². The zero-order chi connectivity index (χ0) is 19.7. The van der Waals surface area contributed by atoms with Crippen molar-refractivity contribution in [3.8, 4) is 5.75 Å². The number of nitrogens with zero attached hydrogens (tertiary/aromatic N) is 2. The van der Waals surface area contributed by atoms with Crippen LogP contribution in [-0.2, 0) is 9.59 Å². The summed E-state index contributed by atoms with van der Waals surface area (Å²) in [5.74, 6) is 1.58. The van der Waals surface area contributed by atoms with E-state index in [-0.39, 0.29) is 35.5 Å². The van der Waals surface area contributed by atoms with Crippen LogP contribution in [-0.4, -0.2) is 29.6 Å². The first kappa shape index (κ1) is 17.0. The molecule has 2 aromatic carbocycles. The predicted molar refractivity (Wildman–Crippen MR) is 109 cm³/mol. The molecule has 5 nitrogen and oxygen atoms in total. The Hall–Kier alpha value is -2.95. The van der Waals surface area contributed by atoms with Crippen LogP contribution in [0.5, 0.6) is 5.75 Å². The van der Waals surface area contributed by atoms with Crippen LogP contribution in [0.1, 0.15) is 18.9 Å². The molecular formula is C24H22N2O3. The molecule has 0 spiro atoms. The Bertz CT molecular complexity index is 1070. The summed E-state index contributed by atoms with van der Waals surface area (Å²) in [4.78, 5) is 26.3. The van der Waals surface area contributed by atoms with E-state index in [2.05, 4.69) is 17.3 Å². The normalized spacial score (nSPS) is 34.2. The van der Waals surface area contributed by atoms with Crippen molar-refractivity contribution in [3.05, 3.63) is 54.1 Å². The number of ether oxygens (including phenoxy) is 1. The van der Waals surface area contributed by atoms with E-state index in [1.165, 1.54) is 0 Å². The molecule has 6 atom stereocenters. The molecule has 3 fully saturated rings. The molecular weight excluding hydrogens is 364 g/mol. The fourth-order valence-corrected chi connectivity index (χ4v) is 5.86. The van der Waals surface area contributed by atoms with E-state index >= 15 is 0 Å². The van der Waals surface area contributed by atoms with Gasteiger partial charge in [0, 0.05) is 5.56 Å². The second-order valence-electron chi connectivity index (χ2n) is 8.52. The molecule has 7 rings (SSSR count). The van der Waals surface area contributed by atoms with E-state index in [0.717, 1.165) is 27.8 Å². The van der Waals surface area contributed by atoms with Crippen molar-refractivity contribution in [3.63, 3.8) is 0 Å². The minimum atomic E-state index is -0.225. The fourth-order valence-electron chi connectivity index (χ4n) is 5.86. The van der Waals surface area contributed by atoms with Gasteiger partial charge in [0.1, 0.15) is 5.75 Å². The van der Waals surface area contributed by atoms with Crippen molar-refractivity contribution < 1.29 is 14.3 Å². The van der Waals surface area contributed by atoms with Crippen LogP contribution >= 0.6 is 0 Å². The maximum atomic E-state index is 13.1. The highest BCUT2D eigenvalue weighted by atomic mass is 16.5. The maximum absolute atomic E-state index is 13.1. The number of benzene rings is 2. The molecule has 2 bridgehead atoms. The SMILES string of the molecule is CCOc1ccc2ccccc2c1/C=N\N1C(=O)[C@@H]2[C@@H]3C=C[C@H]([C@@H]4C[C@H]34)[C@H]2C1=O. The number of amides is 2. The standard InChI is InChI=1S/C24H22N2O3/c1-2-29-20-10-7-13-5-3-4-6-14(13)19(20)12-25-26-23(27)21-15-8-9-16(18-11-17(15)18)22(21)24(26)28/h3-10,12,15-18,21-22H,2,11H2,1H3/b25-12-/t15-,16-,17-,18+,21-,22-/m1/s1. The number of carbonyl (C=O) groups is 2. The molecule has 1 heterocycles. The highest BCUT2D eigenvalue weighted by Crippen LogP contribution is 2.65. The topological polar surface area (TPSA) is 59.0 Å². The smallest absolute Gasteiger partial charge is 0.254 e. The van der Waals surface area contributed by atoms with Gasteiger partial charge in [0.25, 0.3) is 11.8 Å². The third-order valence-corrected chi connectivity index (χ3v) is 7.17. The summed E-state index contributed by atoms with van der Waals surface area (Å²) in [7, 11) is 0. The molecule has 0 aromatic heterocycles. The zero-order valence-electron chi connectivity index (χ0n) is 16.2. The lowest BCUT2D eigenvalue weighted by Crippen LogP contribution is -2.40. The molecule has 4 aliphatic carbocycles. The molecule has 1 saturated heterocycles. The molecule has 29 heavy (non-hydrogen) atoms. The fraction of sp³-hybridized carbons (Fsp3) is 0.375. The summed E-state index contributed by atoms with van der Waals surface area (Å²) in [6.45, 7) is 2.46. The molecule has 0 unspecified atom stereocenters. The van der Waals surface area contributed by atoms with Crippen LogP contribution in [0.15, 0.2) is 53.7 Å². The van der Waals surface area contributed by atoms with Gasteiger partial charge in [-0.2, -0.15) is 10.1 Å². The number of hydrogen-bond acceptors (Lipinski definition) is 4. The van der Waals surface area contributed by atoms with Crippen molar-refractivity contribution in [2.45, 2.75) is 13.3 Å². The Balaban J connectivity index is 1.38. The van der Waals surface area contributed by atoms with Crippen LogP contribution in [0.25, 0.3) is 10.8 Å². The number of hydrazone groups is 1. The minimum Gasteiger partial charge on any atom is -0.493 e. The molecule has 146 valence electrons. The Morgan fingerprint density at radius 2 is 1.72 bits per heavy atom. The molecule has 2 saturated carbocycles. The minimum absolute atomic E-state index is 0.140. The average Bonchev–Trinajstić information content (AvgIpc) is 3.53. The van der Waals surface area contributed by atoms with Crippen LogP contribution in [0.3, 0.4) is 0 Å². The summed E-state index contributed by atoms with van der Waals surface area (Å²) < 4.78 is 5.78. The highest BCUT2D eigenvalue weighted by Gasteiger charge is 2.67. The summed E-state index contributed by atoms with van der Waals surface area (Å²) in [6, 6.07) is 11.9. The van der Waals surface area contributed by atoms with Gasteiger partial charge in [0.2, 0.25) is 0 Å². The van der Waals surface area contributed by atoms with E-state index in [9.17, 15) is 9.59 Å². The molecule has 1 aliphatic heterocycles. The zero-order valence-corrected chi connectivity index (χ0v) is 16.2. The van der Waals surface area contributed by atoms with E-state index < -0.39 is 0 Å². The van der Waals surface area contributed by atoms with Gasteiger partial charge in [-0.3, -0.25) is 9.59 Å². The Morgan fingerprint density at radius 3 is 2.41 bits per heavy atom. The first-order valence-corrected chi connectivity index (χ1v) is 10.4. The molecule has 2 aromatic rings. The van der Waals surface area contributed by atoms with Gasteiger partial charge in [-0.05, 0) is 53.9 Å². The summed E-state index contributed by atoms with van der Waals surface area (Å²) >= 11 is 0. The molecule has 2 amide bonds. The maximum Gasteiger partial charge on any atom is 0.254 e. The summed E-state index contributed by atoms with van der Waals surface area (Å²) in [5, 5.41) is 7.59. The van der Waals surface area contributed by atoms with Gasteiger partial charge in [-0.1, -0.05) is 42.5 Å². The van der Waals surface area contributed by atoms with E-state index in [0.29, 0.717) is 24.2 Å². The third kappa shape index (κ3) is 2.30. The van der Waals surface area contributed by atoms with Crippen molar-refractivity contribution >= 4 is 28.8 Å². The van der Waals surface area contributed by atoms with Gasteiger partial charge < -0.3 is 4.74 Å². The van der Waals surface area contributed by atoms with Gasteiger partial charge in [0.05, 0.1) is 24.7 Å². The molecule has 0 N–H and O–H groups in total. The van der Waals surface area contributed by atoms with Crippen molar-refractivity contribution in [2.24, 2.45) is 40.6 Å². The molecule has 5 heteroatoms. The Morgan fingerprint density at radius 1 is 1.03 bits per heavy atom. The summed E-state index contributed by atoms with van der Waals surface area (Å²) in [6.07, 6.45) is 7.13. The van der Waals surface area contributed by atoms with E-state index in [4.69, 9.17) is 4.74 Å². The third-order valence-electron chi connectivity index (χ3n) is 7.17. The molecule has 0 radical (unpaired) electrons. The molecule has 5 aliphatic rings. The predicted octanol–water partition coefficient (Wildman–Crippen LogP) is 3.63. The van der Waals surface area contributed by atoms with Gasteiger partial charge in [-0.25, -0.2) is 0 Å². The largest absolute Gasteiger partial charge is 0.493 e. The first-order chi connectivity index (χ1) is 14.2. The van der Waals surface area contributed by atoms with Crippen LogP contribution in [0, 0.1) is 35.5 Å². The van der Waals surface area contributed by atoms with Crippen molar-refractivity contribution in [1.82, 2.24) is 5.01 Å². The van der Waals surface area contributed by atoms with Gasteiger partial charge in [-0.15, -0.1) is 0 Å². The quantitative estimate of drug-likeness (QED) is 0.458. The Labute approximate surface area is 169 Å². The lowest BCUT2D eigenvalue weighted by atomic mass is 9.63. The monoisotopic (exact) mass is 386 g/mol.